The third-order valence-electron chi connectivity index (χ3n) is 3.76. The molecule has 0 spiro atoms. The summed E-state index contributed by atoms with van der Waals surface area (Å²) in [5.41, 5.74) is 5.23. The van der Waals surface area contributed by atoms with Gasteiger partial charge in [-0.2, -0.15) is 8.75 Å². The van der Waals surface area contributed by atoms with E-state index in [0.29, 0.717) is 22.3 Å². The third-order valence-corrected chi connectivity index (χ3v) is 5.12. The highest BCUT2D eigenvalue weighted by molar-refractivity contribution is 7.99. The first kappa shape index (κ1) is 17.6. The van der Waals surface area contributed by atoms with Gasteiger partial charge in [-0.3, -0.25) is 4.79 Å². The lowest BCUT2D eigenvalue weighted by atomic mass is 10.1. The van der Waals surface area contributed by atoms with Crippen molar-refractivity contribution >= 4 is 46.1 Å². The van der Waals surface area contributed by atoms with E-state index in [1.807, 2.05) is 38.1 Å². The molecule has 1 N–H and O–H groups in total. The maximum absolute atomic E-state index is 12.3. The van der Waals surface area contributed by atoms with E-state index in [1.165, 1.54) is 11.8 Å². The lowest BCUT2D eigenvalue weighted by Gasteiger charge is -2.04. The predicted molar refractivity (Wildman–Crippen MR) is 106 cm³/mol. The number of fused-ring (bicyclic) bond motifs is 1. The largest absolute Gasteiger partial charge is 0.411 e. The summed E-state index contributed by atoms with van der Waals surface area (Å²) in [6, 6.07) is 11.6. The molecule has 0 unspecified atom stereocenters. The van der Waals surface area contributed by atoms with Crippen molar-refractivity contribution in [1.82, 2.24) is 18.9 Å². The zero-order chi connectivity index (χ0) is 18.8. The molecule has 0 aliphatic carbocycles. The Morgan fingerprint density at radius 3 is 2.78 bits per heavy atom. The second-order valence-corrected chi connectivity index (χ2v) is 7.48. The van der Waals surface area contributed by atoms with Crippen LogP contribution in [-0.4, -0.2) is 30.6 Å². The lowest BCUT2D eigenvalue weighted by molar-refractivity contribution is -0.113. The van der Waals surface area contributed by atoms with Crippen molar-refractivity contribution in [2.24, 2.45) is 0 Å². The number of hydrogen-bond acceptors (Lipinski definition) is 8. The molecule has 0 saturated heterocycles. The maximum Gasteiger partial charge on any atom is 0.277 e. The second kappa shape index (κ2) is 7.45. The quantitative estimate of drug-likeness (QED) is 0.507. The van der Waals surface area contributed by atoms with Gasteiger partial charge < -0.3 is 9.73 Å². The molecule has 27 heavy (non-hydrogen) atoms. The van der Waals surface area contributed by atoms with Crippen LogP contribution >= 0.6 is 23.5 Å². The monoisotopic (exact) mass is 397 g/mol. The summed E-state index contributed by atoms with van der Waals surface area (Å²) in [7, 11) is 0. The van der Waals surface area contributed by atoms with Gasteiger partial charge >= 0.3 is 0 Å². The molecule has 1 amide bonds. The summed E-state index contributed by atoms with van der Waals surface area (Å²) in [6.07, 6.45) is 0. The number of carbonyl (C=O) groups excluding carboxylic acids is 1. The summed E-state index contributed by atoms with van der Waals surface area (Å²) in [4.78, 5) is 12.3. The Labute approximate surface area is 163 Å². The van der Waals surface area contributed by atoms with Crippen molar-refractivity contribution in [1.29, 1.82) is 0 Å². The van der Waals surface area contributed by atoms with Crippen LogP contribution in [0.15, 0.2) is 46.0 Å². The minimum absolute atomic E-state index is 0.155. The van der Waals surface area contributed by atoms with Gasteiger partial charge in [-0.05, 0) is 38.1 Å². The van der Waals surface area contributed by atoms with Crippen molar-refractivity contribution in [3.63, 3.8) is 0 Å². The number of carbonyl (C=O) groups is 1. The van der Waals surface area contributed by atoms with Crippen LogP contribution < -0.4 is 5.32 Å². The van der Waals surface area contributed by atoms with E-state index in [-0.39, 0.29) is 11.7 Å². The van der Waals surface area contributed by atoms with Crippen LogP contribution in [0.2, 0.25) is 0 Å². The molecule has 0 radical (unpaired) electrons. The van der Waals surface area contributed by atoms with Gasteiger partial charge in [0.1, 0.15) is 11.0 Å². The van der Waals surface area contributed by atoms with Crippen molar-refractivity contribution in [2.75, 3.05) is 11.1 Å². The zero-order valence-corrected chi connectivity index (χ0v) is 16.2. The van der Waals surface area contributed by atoms with Crippen LogP contribution in [0.3, 0.4) is 0 Å². The number of hydrogen-bond donors (Lipinski definition) is 1. The van der Waals surface area contributed by atoms with E-state index in [9.17, 15) is 4.79 Å². The number of benzene rings is 2. The molecule has 2 heterocycles. The fourth-order valence-electron chi connectivity index (χ4n) is 2.70. The van der Waals surface area contributed by atoms with Crippen LogP contribution in [0.4, 0.5) is 5.69 Å². The fraction of sp³-hybridized carbons (Fsp3) is 0.167. The lowest BCUT2D eigenvalue weighted by Crippen LogP contribution is -2.14. The van der Waals surface area contributed by atoms with Gasteiger partial charge in [0.05, 0.1) is 23.2 Å². The Hall–Kier alpha value is -2.78. The number of thioether (sulfide) groups is 1. The Kier molecular flexibility index (Phi) is 4.87. The Morgan fingerprint density at radius 2 is 1.96 bits per heavy atom. The van der Waals surface area contributed by atoms with Crippen LogP contribution in [-0.2, 0) is 4.79 Å². The van der Waals surface area contributed by atoms with Crippen LogP contribution in [0, 0.1) is 13.8 Å². The van der Waals surface area contributed by atoms with Crippen LogP contribution in [0.25, 0.3) is 22.5 Å². The van der Waals surface area contributed by atoms with Gasteiger partial charge in [-0.25, -0.2) is 0 Å². The SMILES string of the molecule is Cc1cc(C)cc(-c2nnc(SCC(=O)Nc3cccc4nsnc34)o2)c1. The maximum atomic E-state index is 12.3. The number of aromatic nitrogens is 4. The van der Waals surface area contributed by atoms with Gasteiger partial charge in [0, 0.05) is 5.56 Å². The Balaban J connectivity index is 1.41. The van der Waals surface area contributed by atoms with Gasteiger partial charge in [0.2, 0.25) is 11.8 Å². The summed E-state index contributed by atoms with van der Waals surface area (Å²) in [6.45, 7) is 4.04. The molecular formula is C18H15N5O2S2. The van der Waals surface area contributed by atoms with Crippen molar-refractivity contribution < 1.29 is 9.21 Å². The van der Waals surface area contributed by atoms with Gasteiger partial charge in [-0.15, -0.1) is 10.2 Å². The predicted octanol–water partition coefficient (Wildman–Crippen LogP) is 4.09. The van der Waals surface area contributed by atoms with E-state index < -0.39 is 0 Å². The van der Waals surface area contributed by atoms with Crippen molar-refractivity contribution in [3.8, 4) is 11.5 Å². The van der Waals surface area contributed by atoms with Crippen molar-refractivity contribution in [2.45, 2.75) is 19.1 Å². The molecule has 2 aromatic heterocycles. The molecule has 0 atom stereocenters. The van der Waals surface area contributed by atoms with E-state index in [2.05, 4.69) is 30.3 Å². The van der Waals surface area contributed by atoms with Crippen LogP contribution in [0.5, 0.6) is 0 Å². The first-order valence-corrected chi connectivity index (χ1v) is 9.86. The summed E-state index contributed by atoms with van der Waals surface area (Å²) >= 11 is 2.31. The molecule has 4 rings (SSSR count). The average Bonchev–Trinajstić information content (AvgIpc) is 3.29. The number of nitrogens with one attached hydrogen (secondary N) is 1. The first-order valence-electron chi connectivity index (χ1n) is 8.14. The van der Waals surface area contributed by atoms with E-state index in [4.69, 9.17) is 4.42 Å². The molecule has 0 aliphatic heterocycles. The molecule has 9 heteroatoms. The highest BCUT2D eigenvalue weighted by Gasteiger charge is 2.13. The number of rotatable bonds is 5. The molecule has 2 aromatic carbocycles. The molecule has 0 aliphatic rings. The highest BCUT2D eigenvalue weighted by Crippen LogP contribution is 2.26. The van der Waals surface area contributed by atoms with Gasteiger partial charge in [0.25, 0.3) is 5.22 Å². The Morgan fingerprint density at radius 1 is 1.15 bits per heavy atom. The smallest absolute Gasteiger partial charge is 0.277 e. The third kappa shape index (κ3) is 3.99. The average molecular weight is 397 g/mol. The summed E-state index contributed by atoms with van der Waals surface area (Å²) < 4.78 is 14.1. The zero-order valence-electron chi connectivity index (χ0n) is 14.6. The standard InChI is InChI=1S/C18H15N5O2S2/c1-10-6-11(2)8-12(7-10)17-20-21-18(25-17)26-9-15(24)19-13-4-3-5-14-16(13)23-27-22-14/h3-8H,9H2,1-2H3,(H,19,24). The van der Waals surface area contributed by atoms with Crippen LogP contribution in [0.1, 0.15) is 11.1 Å². The molecule has 4 aromatic rings. The molecule has 0 fully saturated rings. The summed E-state index contributed by atoms with van der Waals surface area (Å²) in [5, 5.41) is 11.3. The first-order chi connectivity index (χ1) is 13.1. The minimum Gasteiger partial charge on any atom is -0.411 e. The number of amides is 1. The summed E-state index contributed by atoms with van der Waals surface area (Å²) in [5.74, 6) is 0.428. The van der Waals surface area contributed by atoms with Gasteiger partial charge in [0.15, 0.2) is 0 Å². The molecule has 0 bridgehead atoms. The molecule has 136 valence electrons. The molecular weight excluding hydrogens is 382 g/mol. The van der Waals surface area contributed by atoms with Gasteiger partial charge in [-0.1, -0.05) is 35.0 Å². The number of nitrogens with zero attached hydrogens (tertiary/aromatic N) is 4. The molecule has 0 saturated carbocycles. The number of aryl methyl sites for hydroxylation is 2. The van der Waals surface area contributed by atoms with E-state index in [1.54, 1.807) is 6.07 Å². The number of anilines is 1. The highest BCUT2D eigenvalue weighted by atomic mass is 32.2. The topological polar surface area (TPSA) is 93.8 Å². The van der Waals surface area contributed by atoms with E-state index in [0.717, 1.165) is 33.9 Å². The van der Waals surface area contributed by atoms with Crippen molar-refractivity contribution in [3.05, 3.63) is 47.5 Å². The minimum atomic E-state index is -0.174. The second-order valence-electron chi connectivity index (χ2n) is 6.02. The Bertz CT molecular complexity index is 1100. The van der Waals surface area contributed by atoms with E-state index >= 15 is 0 Å². The normalized spacial score (nSPS) is 11.0. The fourth-order valence-corrected chi connectivity index (χ4v) is 3.82. The molecule has 7 nitrogen and oxygen atoms in total.